The second kappa shape index (κ2) is 7.41. The Morgan fingerprint density at radius 3 is 2.50 bits per heavy atom. The summed E-state index contributed by atoms with van der Waals surface area (Å²) in [7, 11) is -2.44. The quantitative estimate of drug-likeness (QED) is 0.751. The van der Waals surface area contributed by atoms with E-state index < -0.39 is 15.8 Å². The predicted molar refractivity (Wildman–Crippen MR) is 83.5 cm³/mol. The van der Waals surface area contributed by atoms with Crippen LogP contribution in [0.2, 0.25) is 0 Å². The molecule has 0 saturated carbocycles. The Labute approximate surface area is 131 Å². The summed E-state index contributed by atoms with van der Waals surface area (Å²) in [5, 5.41) is 9.37. The molecule has 1 rings (SSSR count). The van der Waals surface area contributed by atoms with E-state index in [1.165, 1.54) is 13.2 Å². The van der Waals surface area contributed by atoms with Gasteiger partial charge in [-0.15, -0.1) is 0 Å². The number of carbonyl (C=O) groups is 1. The van der Waals surface area contributed by atoms with Gasteiger partial charge in [-0.1, -0.05) is 32.8 Å². The van der Waals surface area contributed by atoms with Crippen molar-refractivity contribution >= 4 is 15.8 Å². The molecule has 1 aromatic rings. The lowest BCUT2D eigenvalue weighted by molar-refractivity contribution is 0.0600. The van der Waals surface area contributed by atoms with Gasteiger partial charge in [0.15, 0.2) is 9.84 Å². The largest absolute Gasteiger partial charge is 0.465 e. The van der Waals surface area contributed by atoms with Gasteiger partial charge in [0.25, 0.3) is 0 Å². The summed E-state index contributed by atoms with van der Waals surface area (Å²) < 4.78 is 29.0. The second-order valence-corrected chi connectivity index (χ2v) is 7.28. The number of nitrogens with zero attached hydrogens (tertiary/aromatic N) is 1. The van der Waals surface area contributed by atoms with Crippen LogP contribution < -0.4 is 0 Å². The predicted octanol–water partition coefficient (Wildman–Crippen LogP) is 3.04. The number of methoxy groups -OCH3 is 1. The van der Waals surface area contributed by atoms with Crippen LogP contribution in [-0.4, -0.2) is 27.8 Å². The summed E-state index contributed by atoms with van der Waals surface area (Å²) in [6, 6.07) is 4.94. The van der Waals surface area contributed by atoms with E-state index in [-0.39, 0.29) is 21.9 Å². The summed E-state index contributed by atoms with van der Waals surface area (Å²) in [5.74, 6) is -0.724. The average molecular weight is 323 g/mol. The highest BCUT2D eigenvalue weighted by molar-refractivity contribution is 7.90. The number of carbonyl (C=O) groups excluding carboxylic acids is 1. The molecule has 0 aromatic heterocycles. The van der Waals surface area contributed by atoms with Crippen LogP contribution in [0, 0.1) is 11.3 Å². The number of benzene rings is 1. The lowest BCUT2D eigenvalue weighted by Crippen LogP contribution is -2.13. The fourth-order valence-electron chi connectivity index (χ4n) is 2.44. The highest BCUT2D eigenvalue weighted by atomic mass is 32.2. The van der Waals surface area contributed by atoms with E-state index in [1.807, 2.05) is 13.0 Å². The molecule has 22 heavy (non-hydrogen) atoms. The smallest absolute Gasteiger partial charge is 0.339 e. The molecule has 6 heteroatoms. The topological polar surface area (TPSA) is 84.2 Å². The van der Waals surface area contributed by atoms with Gasteiger partial charge in [0.2, 0.25) is 0 Å². The van der Waals surface area contributed by atoms with Crippen molar-refractivity contribution in [2.45, 2.75) is 43.9 Å². The third kappa shape index (κ3) is 3.86. The average Bonchev–Trinajstić information content (AvgIpc) is 2.49. The van der Waals surface area contributed by atoms with Gasteiger partial charge in [-0.3, -0.25) is 0 Å². The lowest BCUT2D eigenvalue weighted by atomic mass is 9.92. The highest BCUT2D eigenvalue weighted by Gasteiger charge is 2.26. The molecule has 0 aliphatic carbocycles. The van der Waals surface area contributed by atoms with Gasteiger partial charge in [-0.25, -0.2) is 13.2 Å². The molecular formula is C16H21NO4S. The number of rotatable bonds is 6. The van der Waals surface area contributed by atoms with Gasteiger partial charge in [0.05, 0.1) is 23.1 Å². The summed E-state index contributed by atoms with van der Waals surface area (Å²) >= 11 is 0. The molecular weight excluding hydrogens is 302 g/mol. The molecule has 120 valence electrons. The Morgan fingerprint density at radius 2 is 2.05 bits per heavy atom. The van der Waals surface area contributed by atoms with Crippen molar-refractivity contribution in [2.24, 2.45) is 0 Å². The maximum atomic E-state index is 12.2. The lowest BCUT2D eigenvalue weighted by Gasteiger charge is -2.18. The third-order valence-electron chi connectivity index (χ3n) is 3.60. The summed E-state index contributed by atoms with van der Waals surface area (Å²) in [4.78, 5) is 11.7. The molecule has 0 spiro atoms. The van der Waals surface area contributed by atoms with Gasteiger partial charge in [0.1, 0.15) is 6.07 Å². The molecule has 0 aliphatic rings. The molecule has 1 aromatic carbocycles. The Morgan fingerprint density at radius 1 is 1.41 bits per heavy atom. The third-order valence-corrected chi connectivity index (χ3v) is 4.78. The number of ether oxygens (including phenoxy) is 1. The maximum Gasteiger partial charge on any atom is 0.339 e. The first-order valence-corrected chi connectivity index (χ1v) is 9.02. The van der Waals surface area contributed by atoms with Crippen LogP contribution in [-0.2, 0) is 14.6 Å². The Balaban J connectivity index is 3.61. The van der Waals surface area contributed by atoms with E-state index in [9.17, 15) is 18.5 Å². The fraction of sp³-hybridized carbons (Fsp3) is 0.500. The first-order valence-electron chi connectivity index (χ1n) is 7.13. The zero-order chi connectivity index (χ0) is 16.9. The van der Waals surface area contributed by atoms with E-state index in [2.05, 4.69) is 11.7 Å². The molecule has 0 heterocycles. The molecule has 0 bridgehead atoms. The van der Waals surface area contributed by atoms with Gasteiger partial charge in [-0.2, -0.15) is 5.26 Å². The van der Waals surface area contributed by atoms with Gasteiger partial charge in [0, 0.05) is 6.26 Å². The van der Waals surface area contributed by atoms with Crippen molar-refractivity contribution in [3.63, 3.8) is 0 Å². The number of hydrogen-bond acceptors (Lipinski definition) is 5. The number of nitriles is 1. The SMILES string of the molecule is CCCCC(C)c1ccc(C(=O)OC)c(C#N)c1S(C)(=O)=O. The maximum absolute atomic E-state index is 12.2. The van der Waals surface area contributed by atoms with Crippen LogP contribution in [0.25, 0.3) is 0 Å². The van der Waals surface area contributed by atoms with Gasteiger partial charge >= 0.3 is 5.97 Å². The normalized spacial score (nSPS) is 12.5. The molecule has 5 nitrogen and oxygen atoms in total. The van der Waals surface area contributed by atoms with Crippen LogP contribution in [0.1, 0.15) is 60.5 Å². The van der Waals surface area contributed by atoms with Crippen LogP contribution in [0.3, 0.4) is 0 Å². The van der Waals surface area contributed by atoms with Gasteiger partial charge < -0.3 is 4.74 Å². The van der Waals surface area contributed by atoms with Crippen LogP contribution in [0.15, 0.2) is 17.0 Å². The van der Waals surface area contributed by atoms with Crippen molar-refractivity contribution in [1.82, 2.24) is 0 Å². The van der Waals surface area contributed by atoms with Crippen molar-refractivity contribution < 1.29 is 17.9 Å². The van der Waals surface area contributed by atoms with E-state index in [1.54, 1.807) is 6.07 Å². The standard InChI is InChI=1S/C16H21NO4S/c1-5-6-7-11(2)12-8-9-13(16(18)21-3)14(10-17)15(12)22(4,19)20/h8-9,11H,5-7H2,1-4H3. The van der Waals surface area contributed by atoms with Crippen molar-refractivity contribution in [3.8, 4) is 6.07 Å². The van der Waals surface area contributed by atoms with Crippen molar-refractivity contribution in [2.75, 3.05) is 13.4 Å². The molecule has 1 unspecified atom stereocenters. The van der Waals surface area contributed by atoms with Crippen LogP contribution >= 0.6 is 0 Å². The number of hydrogen-bond donors (Lipinski definition) is 0. The second-order valence-electron chi connectivity index (χ2n) is 5.33. The highest BCUT2D eigenvalue weighted by Crippen LogP contribution is 2.32. The molecule has 0 fully saturated rings. The van der Waals surface area contributed by atoms with E-state index in [0.717, 1.165) is 25.5 Å². The molecule has 0 N–H and O–H groups in total. The first kappa shape index (κ1) is 18.2. The van der Waals surface area contributed by atoms with E-state index in [4.69, 9.17) is 0 Å². The summed E-state index contributed by atoms with van der Waals surface area (Å²) in [6.07, 6.45) is 3.84. The fourth-order valence-corrected chi connectivity index (χ4v) is 3.67. The van der Waals surface area contributed by atoms with Crippen LogP contribution in [0.5, 0.6) is 0 Å². The first-order chi connectivity index (χ1) is 10.3. The Hall–Kier alpha value is -1.87. The minimum atomic E-state index is -3.64. The number of esters is 1. The molecule has 0 radical (unpaired) electrons. The van der Waals surface area contributed by atoms with E-state index >= 15 is 0 Å². The number of unbranched alkanes of at least 4 members (excludes halogenated alkanes) is 1. The molecule has 1 atom stereocenters. The molecule has 0 aliphatic heterocycles. The Kier molecular flexibility index (Phi) is 6.12. The summed E-state index contributed by atoms with van der Waals surface area (Å²) in [6.45, 7) is 3.99. The monoisotopic (exact) mass is 323 g/mol. The molecule has 0 saturated heterocycles. The minimum absolute atomic E-state index is 0.0107. The Bertz CT molecular complexity index is 702. The van der Waals surface area contributed by atoms with Crippen LogP contribution in [0.4, 0.5) is 0 Å². The number of sulfone groups is 1. The van der Waals surface area contributed by atoms with Crippen molar-refractivity contribution in [3.05, 3.63) is 28.8 Å². The zero-order valence-electron chi connectivity index (χ0n) is 13.3. The minimum Gasteiger partial charge on any atom is -0.465 e. The van der Waals surface area contributed by atoms with Gasteiger partial charge in [-0.05, 0) is 24.0 Å². The zero-order valence-corrected chi connectivity index (χ0v) is 14.2. The van der Waals surface area contributed by atoms with E-state index in [0.29, 0.717) is 5.56 Å². The van der Waals surface area contributed by atoms with Crippen molar-refractivity contribution in [1.29, 1.82) is 5.26 Å². The summed E-state index contributed by atoms with van der Waals surface area (Å²) in [5.41, 5.74) is 0.437. The molecule has 0 amide bonds.